The van der Waals surface area contributed by atoms with Crippen LogP contribution in [0.5, 0.6) is 0 Å². The van der Waals surface area contributed by atoms with E-state index in [-0.39, 0.29) is 0 Å². The van der Waals surface area contributed by atoms with E-state index in [4.69, 9.17) is 5.11 Å². The third-order valence-corrected chi connectivity index (χ3v) is 8.73. The highest BCUT2D eigenvalue weighted by Crippen LogP contribution is 2.30. The maximum Gasteiger partial charge on any atom is 0.111 e. The smallest absolute Gasteiger partial charge is 0.111 e. The van der Waals surface area contributed by atoms with Crippen molar-refractivity contribution < 1.29 is 30.6 Å². The SMILES string of the molecule is CCCCCCCCCCCCCCC(O)(CCCCCCCCCCCCCC)[C@@H](O)[C@@H](O)[C@H](O)[C@H](O)CO. The molecular weight excluding hydrogens is 504 g/mol. The van der Waals surface area contributed by atoms with E-state index >= 15 is 0 Å². The van der Waals surface area contributed by atoms with E-state index < -0.39 is 36.6 Å². The van der Waals surface area contributed by atoms with Crippen LogP contribution < -0.4 is 0 Å². The first-order chi connectivity index (χ1) is 19.3. The van der Waals surface area contributed by atoms with Crippen LogP contribution in [0.4, 0.5) is 0 Å². The van der Waals surface area contributed by atoms with Crippen LogP contribution in [-0.2, 0) is 0 Å². The van der Waals surface area contributed by atoms with Gasteiger partial charge >= 0.3 is 0 Å². The van der Waals surface area contributed by atoms with Crippen molar-refractivity contribution in [1.82, 2.24) is 0 Å². The van der Waals surface area contributed by atoms with Crippen molar-refractivity contribution in [3.63, 3.8) is 0 Å². The molecule has 0 aliphatic heterocycles. The Balaban J connectivity index is 4.38. The molecule has 0 fully saturated rings. The summed E-state index contributed by atoms with van der Waals surface area (Å²) in [4.78, 5) is 0. The monoisotopic (exact) mass is 575 g/mol. The molecule has 0 aromatic carbocycles. The molecule has 6 N–H and O–H groups in total. The Kier molecular flexibility index (Phi) is 27.4. The van der Waals surface area contributed by atoms with Crippen LogP contribution in [-0.4, -0.2) is 67.3 Å². The summed E-state index contributed by atoms with van der Waals surface area (Å²) in [5.74, 6) is 0. The van der Waals surface area contributed by atoms with Crippen molar-refractivity contribution in [1.29, 1.82) is 0 Å². The molecule has 0 saturated carbocycles. The van der Waals surface area contributed by atoms with Gasteiger partial charge in [0.2, 0.25) is 0 Å². The normalized spacial score (nSPS) is 15.3. The molecule has 0 saturated heterocycles. The van der Waals surface area contributed by atoms with E-state index in [1.807, 2.05) is 0 Å². The average Bonchev–Trinajstić information content (AvgIpc) is 2.96. The molecule has 40 heavy (non-hydrogen) atoms. The highest BCUT2D eigenvalue weighted by atomic mass is 16.4. The van der Waals surface area contributed by atoms with Crippen molar-refractivity contribution in [2.24, 2.45) is 0 Å². The lowest BCUT2D eigenvalue weighted by Gasteiger charge is -2.38. The maximum absolute atomic E-state index is 11.4. The Labute approximate surface area is 248 Å². The minimum Gasteiger partial charge on any atom is -0.394 e. The van der Waals surface area contributed by atoms with Crippen molar-refractivity contribution in [3.8, 4) is 0 Å². The third kappa shape index (κ3) is 20.6. The number of unbranched alkanes of at least 4 members (excludes halogenated alkanes) is 22. The minimum atomic E-state index is -1.72. The van der Waals surface area contributed by atoms with Gasteiger partial charge in [0.1, 0.15) is 24.4 Å². The van der Waals surface area contributed by atoms with Gasteiger partial charge in [-0.05, 0) is 12.8 Å². The molecule has 0 rings (SSSR count). The molecule has 0 unspecified atom stereocenters. The van der Waals surface area contributed by atoms with Crippen molar-refractivity contribution in [2.75, 3.05) is 6.61 Å². The van der Waals surface area contributed by atoms with Gasteiger partial charge in [-0.3, -0.25) is 0 Å². The largest absolute Gasteiger partial charge is 0.394 e. The molecule has 0 aliphatic rings. The van der Waals surface area contributed by atoms with Crippen LogP contribution in [0.3, 0.4) is 0 Å². The lowest BCUT2D eigenvalue weighted by molar-refractivity contribution is -0.178. The number of hydrogen-bond acceptors (Lipinski definition) is 6. The number of aliphatic hydroxyl groups excluding tert-OH is 5. The maximum atomic E-state index is 11.4. The van der Waals surface area contributed by atoms with Gasteiger partial charge in [0.05, 0.1) is 12.2 Å². The van der Waals surface area contributed by atoms with Gasteiger partial charge in [-0.25, -0.2) is 0 Å². The molecule has 0 heterocycles. The lowest BCUT2D eigenvalue weighted by atomic mass is 9.81. The molecule has 6 heteroatoms. The molecule has 0 spiro atoms. The fourth-order valence-electron chi connectivity index (χ4n) is 5.81. The van der Waals surface area contributed by atoms with Gasteiger partial charge in [0, 0.05) is 0 Å². The summed E-state index contributed by atoms with van der Waals surface area (Å²) in [5.41, 5.74) is -1.52. The standard InChI is InChI=1S/C34H70O6/c1-3-5-7-9-11-13-15-17-19-21-23-25-27-34(40,33(39)32(38)31(37)30(36)29-35)28-26-24-22-20-18-16-14-12-10-8-6-4-2/h30-33,35-40H,3-29H2,1-2H3/t30-,31-,32+,33+/m1/s1. The van der Waals surface area contributed by atoms with E-state index in [9.17, 15) is 25.5 Å². The summed E-state index contributed by atoms with van der Waals surface area (Å²) < 4.78 is 0. The van der Waals surface area contributed by atoms with E-state index in [1.165, 1.54) is 116 Å². The van der Waals surface area contributed by atoms with E-state index in [2.05, 4.69) is 13.8 Å². The fourth-order valence-corrected chi connectivity index (χ4v) is 5.81. The van der Waals surface area contributed by atoms with Gasteiger partial charge < -0.3 is 30.6 Å². The molecule has 4 atom stereocenters. The Bertz CT molecular complexity index is 489. The second-order valence-electron chi connectivity index (χ2n) is 12.6. The van der Waals surface area contributed by atoms with E-state index in [0.29, 0.717) is 12.8 Å². The van der Waals surface area contributed by atoms with Crippen molar-refractivity contribution in [3.05, 3.63) is 0 Å². The number of hydrogen-bond donors (Lipinski definition) is 6. The molecule has 242 valence electrons. The summed E-state index contributed by atoms with van der Waals surface area (Å²) in [6, 6.07) is 0. The summed E-state index contributed by atoms with van der Waals surface area (Å²) in [6.45, 7) is 3.77. The van der Waals surface area contributed by atoms with Crippen LogP contribution in [0.15, 0.2) is 0 Å². The van der Waals surface area contributed by atoms with Gasteiger partial charge in [-0.2, -0.15) is 0 Å². The zero-order valence-electron chi connectivity index (χ0n) is 26.6. The molecular formula is C34H70O6. The number of rotatable bonds is 31. The Morgan fingerprint density at radius 3 is 0.975 bits per heavy atom. The van der Waals surface area contributed by atoms with Crippen LogP contribution in [0.2, 0.25) is 0 Å². The highest BCUT2D eigenvalue weighted by Gasteiger charge is 2.43. The van der Waals surface area contributed by atoms with Crippen LogP contribution in [0.25, 0.3) is 0 Å². The molecule has 0 radical (unpaired) electrons. The van der Waals surface area contributed by atoms with Gasteiger partial charge in [0.25, 0.3) is 0 Å². The summed E-state index contributed by atoms with van der Waals surface area (Å²) >= 11 is 0. The zero-order valence-corrected chi connectivity index (χ0v) is 26.6. The average molecular weight is 575 g/mol. The summed E-state index contributed by atoms with van der Waals surface area (Å²) in [7, 11) is 0. The molecule has 0 aromatic heterocycles. The van der Waals surface area contributed by atoms with Crippen molar-refractivity contribution >= 4 is 0 Å². The topological polar surface area (TPSA) is 121 Å². The van der Waals surface area contributed by atoms with Gasteiger partial charge in [-0.1, -0.05) is 168 Å². The Hall–Kier alpha value is -0.240. The van der Waals surface area contributed by atoms with E-state index in [1.54, 1.807) is 0 Å². The summed E-state index contributed by atoms with van der Waals surface area (Å²) in [5, 5.41) is 61.7. The van der Waals surface area contributed by atoms with Crippen LogP contribution >= 0.6 is 0 Å². The third-order valence-electron chi connectivity index (χ3n) is 8.73. The molecule has 0 aromatic rings. The van der Waals surface area contributed by atoms with Crippen LogP contribution in [0.1, 0.15) is 181 Å². The number of aliphatic hydroxyl groups is 6. The Morgan fingerprint density at radius 2 is 0.700 bits per heavy atom. The Morgan fingerprint density at radius 1 is 0.425 bits per heavy atom. The predicted octanol–water partition coefficient (Wildman–Crippen LogP) is 7.34. The summed E-state index contributed by atoms with van der Waals surface area (Å²) in [6.07, 6.45) is 23.1. The quantitative estimate of drug-likeness (QED) is 0.0482. The van der Waals surface area contributed by atoms with Gasteiger partial charge in [0.15, 0.2) is 0 Å². The molecule has 0 amide bonds. The second kappa shape index (κ2) is 27.6. The van der Waals surface area contributed by atoms with Crippen LogP contribution in [0, 0.1) is 0 Å². The predicted molar refractivity (Wildman–Crippen MR) is 167 cm³/mol. The second-order valence-corrected chi connectivity index (χ2v) is 12.6. The molecule has 0 aliphatic carbocycles. The minimum absolute atomic E-state index is 0.350. The van der Waals surface area contributed by atoms with Crippen molar-refractivity contribution in [2.45, 2.75) is 211 Å². The first-order valence-corrected chi connectivity index (χ1v) is 17.4. The molecule has 6 nitrogen and oxygen atoms in total. The highest BCUT2D eigenvalue weighted by molar-refractivity contribution is 4.94. The van der Waals surface area contributed by atoms with Gasteiger partial charge in [-0.15, -0.1) is 0 Å². The molecule has 0 bridgehead atoms. The fraction of sp³-hybridized carbons (Fsp3) is 1.00. The lowest BCUT2D eigenvalue weighted by Crippen LogP contribution is -2.56. The first-order valence-electron chi connectivity index (χ1n) is 17.4. The first kappa shape index (κ1) is 39.8. The zero-order chi connectivity index (χ0) is 29.9. The van der Waals surface area contributed by atoms with E-state index in [0.717, 1.165) is 38.5 Å².